The van der Waals surface area contributed by atoms with E-state index in [1.165, 1.54) is 40.9 Å². The molecule has 1 fully saturated rings. The van der Waals surface area contributed by atoms with Crippen LogP contribution in [0.25, 0.3) is 0 Å². The van der Waals surface area contributed by atoms with Crippen LogP contribution in [0.15, 0.2) is 53.1 Å². The van der Waals surface area contributed by atoms with Gasteiger partial charge in [0.1, 0.15) is 5.82 Å². The van der Waals surface area contributed by atoms with Crippen molar-refractivity contribution in [2.24, 2.45) is 0 Å². The second-order valence-electron chi connectivity index (χ2n) is 7.27. The van der Waals surface area contributed by atoms with Crippen LogP contribution in [-0.2, 0) is 10.5 Å². The highest BCUT2D eigenvalue weighted by molar-refractivity contribution is 8.03. The minimum Gasteiger partial charge on any atom is -0.493 e. The average molecular weight is 440 g/mol. The van der Waals surface area contributed by atoms with Crippen molar-refractivity contribution in [1.82, 2.24) is 4.90 Å². The Kier molecular flexibility index (Phi) is 5.65. The third kappa shape index (κ3) is 3.54. The molecule has 1 N–H and O–H groups in total. The van der Waals surface area contributed by atoms with Crippen LogP contribution in [0.1, 0.15) is 30.4 Å². The lowest BCUT2D eigenvalue weighted by molar-refractivity contribution is -0.149. The van der Waals surface area contributed by atoms with Crippen LogP contribution >= 0.6 is 11.8 Å². The molecule has 2 atom stereocenters. The van der Waals surface area contributed by atoms with E-state index >= 15 is 0 Å². The summed E-state index contributed by atoms with van der Waals surface area (Å²) in [6.45, 7) is 2.31. The van der Waals surface area contributed by atoms with Gasteiger partial charge in [0.25, 0.3) is 0 Å². The number of fused-ring (bicyclic) bond motifs is 1. The fraction of sp³-hybridized carbons (Fsp3) is 0.304. The summed E-state index contributed by atoms with van der Waals surface area (Å²) < 4.78 is 24.3. The molecule has 6 nitrogen and oxygen atoms in total. The number of hydrogen-bond donors (Lipinski definition) is 1. The predicted octanol–water partition coefficient (Wildman–Crippen LogP) is 3.88. The lowest BCUT2D eigenvalue weighted by Crippen LogP contribution is -2.48. The van der Waals surface area contributed by atoms with E-state index in [0.29, 0.717) is 34.3 Å². The standard InChI is InChI=1S/C23H21FN2O4S/c1-3-30-20-10-14(4-9-19(20)29-2)17-11-21(27)26-22(18(17)12-25)31-13-23(26,28)15-5-7-16(24)8-6-15/h4-10,17,28H,3,11,13H2,1-2H3/t17-,23+/m0/s1. The monoisotopic (exact) mass is 440 g/mol. The van der Waals surface area contributed by atoms with Gasteiger partial charge in [-0.1, -0.05) is 18.2 Å². The molecule has 31 heavy (non-hydrogen) atoms. The van der Waals surface area contributed by atoms with E-state index in [4.69, 9.17) is 9.47 Å². The fourth-order valence-electron chi connectivity index (χ4n) is 4.02. The first kappa shape index (κ1) is 21.2. The van der Waals surface area contributed by atoms with Gasteiger partial charge in [-0.25, -0.2) is 4.39 Å². The number of rotatable bonds is 5. The Morgan fingerprint density at radius 3 is 2.68 bits per heavy atom. The predicted molar refractivity (Wildman–Crippen MR) is 114 cm³/mol. The summed E-state index contributed by atoms with van der Waals surface area (Å²) in [6.07, 6.45) is 0.0222. The lowest BCUT2D eigenvalue weighted by atomic mass is 9.85. The van der Waals surface area contributed by atoms with Gasteiger partial charge in [-0.15, -0.1) is 11.8 Å². The molecule has 0 spiro atoms. The second kappa shape index (κ2) is 8.25. The van der Waals surface area contributed by atoms with Crippen molar-refractivity contribution in [3.05, 3.63) is 70.0 Å². The Labute approximate surface area is 183 Å². The van der Waals surface area contributed by atoms with Crippen molar-refractivity contribution in [3.63, 3.8) is 0 Å². The third-order valence-electron chi connectivity index (χ3n) is 5.51. The summed E-state index contributed by atoms with van der Waals surface area (Å²) >= 11 is 1.25. The van der Waals surface area contributed by atoms with Crippen LogP contribution < -0.4 is 9.47 Å². The number of carbonyl (C=O) groups is 1. The summed E-state index contributed by atoms with van der Waals surface area (Å²) in [5.41, 5.74) is -0.0493. The summed E-state index contributed by atoms with van der Waals surface area (Å²) in [5, 5.41) is 21.7. The van der Waals surface area contributed by atoms with E-state index < -0.39 is 17.5 Å². The maximum Gasteiger partial charge on any atom is 0.231 e. The summed E-state index contributed by atoms with van der Waals surface area (Å²) in [4.78, 5) is 14.5. The number of nitriles is 1. The molecule has 1 amide bonds. The van der Waals surface area contributed by atoms with Crippen LogP contribution in [-0.4, -0.2) is 35.4 Å². The van der Waals surface area contributed by atoms with E-state index in [2.05, 4.69) is 6.07 Å². The van der Waals surface area contributed by atoms with Crippen LogP contribution in [0.5, 0.6) is 11.5 Å². The number of allylic oxidation sites excluding steroid dienone is 1. The molecule has 0 unspecified atom stereocenters. The Hall–Kier alpha value is -3.02. The zero-order valence-corrected chi connectivity index (χ0v) is 17.9. The van der Waals surface area contributed by atoms with Gasteiger partial charge in [-0.05, 0) is 36.8 Å². The molecule has 0 aromatic heterocycles. The number of halogens is 1. The Morgan fingerprint density at radius 1 is 1.29 bits per heavy atom. The van der Waals surface area contributed by atoms with Crippen molar-refractivity contribution in [2.45, 2.75) is 25.0 Å². The maximum atomic E-state index is 13.4. The van der Waals surface area contributed by atoms with Crippen molar-refractivity contribution >= 4 is 17.7 Å². The van der Waals surface area contributed by atoms with Gasteiger partial charge in [-0.2, -0.15) is 5.26 Å². The van der Waals surface area contributed by atoms with Gasteiger partial charge < -0.3 is 14.6 Å². The summed E-state index contributed by atoms with van der Waals surface area (Å²) in [6, 6.07) is 13.0. The largest absolute Gasteiger partial charge is 0.493 e. The Bertz CT molecular complexity index is 1100. The highest BCUT2D eigenvalue weighted by Gasteiger charge is 2.51. The number of amides is 1. The number of aliphatic hydroxyl groups is 1. The van der Waals surface area contributed by atoms with E-state index in [9.17, 15) is 19.6 Å². The van der Waals surface area contributed by atoms with E-state index in [-0.39, 0.29) is 18.1 Å². The van der Waals surface area contributed by atoms with Crippen LogP contribution in [0.4, 0.5) is 4.39 Å². The number of carbonyl (C=O) groups excluding carboxylic acids is 1. The number of ether oxygens (including phenoxy) is 2. The zero-order chi connectivity index (χ0) is 22.2. The van der Waals surface area contributed by atoms with Crippen LogP contribution in [0, 0.1) is 17.1 Å². The molecule has 4 rings (SSSR count). The first-order chi connectivity index (χ1) is 14.9. The molecule has 8 heteroatoms. The Morgan fingerprint density at radius 2 is 2.03 bits per heavy atom. The highest BCUT2D eigenvalue weighted by Crippen LogP contribution is 2.52. The zero-order valence-electron chi connectivity index (χ0n) is 17.1. The number of thioether (sulfide) groups is 1. The molecule has 2 aliphatic heterocycles. The number of hydrogen-bond acceptors (Lipinski definition) is 6. The van der Waals surface area contributed by atoms with E-state index in [1.54, 1.807) is 19.2 Å². The van der Waals surface area contributed by atoms with E-state index in [1.807, 2.05) is 13.0 Å². The van der Waals surface area contributed by atoms with Crippen LogP contribution in [0.3, 0.4) is 0 Å². The molecule has 2 aliphatic rings. The molecule has 0 aliphatic carbocycles. The third-order valence-corrected chi connectivity index (χ3v) is 6.73. The van der Waals surface area contributed by atoms with Crippen LogP contribution in [0.2, 0.25) is 0 Å². The van der Waals surface area contributed by atoms with Gasteiger partial charge in [0.05, 0.1) is 36.1 Å². The van der Waals surface area contributed by atoms with Gasteiger partial charge in [0, 0.05) is 17.9 Å². The number of methoxy groups -OCH3 is 1. The number of benzene rings is 2. The number of nitrogens with zero attached hydrogens (tertiary/aromatic N) is 2. The Balaban J connectivity index is 1.77. The first-order valence-corrected chi connectivity index (χ1v) is 10.8. The molecule has 0 saturated carbocycles. The van der Waals surface area contributed by atoms with Crippen molar-refractivity contribution in [2.75, 3.05) is 19.5 Å². The molecular formula is C23H21FN2O4S. The normalized spacial score (nSPS) is 22.9. The van der Waals surface area contributed by atoms with E-state index in [0.717, 1.165) is 5.56 Å². The molecule has 2 heterocycles. The molecule has 1 saturated heterocycles. The second-order valence-corrected chi connectivity index (χ2v) is 8.24. The molecule has 2 aromatic carbocycles. The molecular weight excluding hydrogens is 419 g/mol. The first-order valence-electron chi connectivity index (χ1n) is 9.82. The van der Waals surface area contributed by atoms with Gasteiger partial charge in [0.15, 0.2) is 17.2 Å². The molecule has 0 bridgehead atoms. The summed E-state index contributed by atoms with van der Waals surface area (Å²) in [7, 11) is 1.55. The minimum atomic E-state index is -1.63. The molecule has 160 valence electrons. The SMILES string of the molecule is CCOc1cc([C@@H]2CC(=O)N3C(=C2C#N)SC[C@@]3(O)c2ccc(F)cc2)ccc1OC. The topological polar surface area (TPSA) is 82.8 Å². The lowest BCUT2D eigenvalue weighted by Gasteiger charge is -2.38. The van der Waals surface area contributed by atoms with Gasteiger partial charge in [0.2, 0.25) is 5.91 Å². The molecule has 2 aromatic rings. The van der Waals surface area contributed by atoms with Crippen molar-refractivity contribution in [3.8, 4) is 17.6 Å². The van der Waals surface area contributed by atoms with Crippen molar-refractivity contribution < 1.29 is 23.8 Å². The maximum absolute atomic E-state index is 13.4. The summed E-state index contributed by atoms with van der Waals surface area (Å²) in [5.74, 6) is 0.0791. The minimum absolute atomic E-state index is 0.0222. The highest BCUT2D eigenvalue weighted by atomic mass is 32.2. The van der Waals surface area contributed by atoms with Crippen molar-refractivity contribution in [1.29, 1.82) is 5.26 Å². The fourth-order valence-corrected chi connectivity index (χ4v) is 5.38. The van der Waals surface area contributed by atoms with Gasteiger partial charge in [-0.3, -0.25) is 9.69 Å². The quantitative estimate of drug-likeness (QED) is 0.760. The average Bonchev–Trinajstić information content (AvgIpc) is 3.13. The smallest absolute Gasteiger partial charge is 0.231 e. The molecule has 0 radical (unpaired) electrons. The van der Waals surface area contributed by atoms with Gasteiger partial charge >= 0.3 is 0 Å².